The minimum Gasteiger partial charge on any atom is -0.489 e. The van der Waals surface area contributed by atoms with Crippen molar-refractivity contribution in [1.29, 1.82) is 0 Å². The van der Waals surface area contributed by atoms with Gasteiger partial charge < -0.3 is 14.5 Å². The molecule has 2 aliphatic heterocycles. The number of benzene rings is 1. The fraction of sp³-hybridized carbons (Fsp3) is 0.455. The average Bonchev–Trinajstić information content (AvgIpc) is 3.40. The first-order valence-electron chi connectivity index (χ1n) is 9.95. The van der Waals surface area contributed by atoms with Crippen LogP contribution in [0.25, 0.3) is 0 Å². The third-order valence-corrected chi connectivity index (χ3v) is 5.54. The lowest BCUT2D eigenvalue weighted by molar-refractivity contribution is 0.0708. The van der Waals surface area contributed by atoms with E-state index in [0.29, 0.717) is 12.6 Å². The van der Waals surface area contributed by atoms with E-state index in [-0.39, 0.29) is 5.91 Å². The molecule has 1 aromatic heterocycles. The molecule has 2 aliphatic rings. The molecule has 3 heterocycles. The molecule has 27 heavy (non-hydrogen) atoms. The molecule has 1 unspecified atom stereocenters. The molecule has 1 amide bonds. The topological polar surface area (TPSA) is 45.7 Å². The molecular formula is C22H27N3O2. The maximum Gasteiger partial charge on any atom is 0.254 e. The summed E-state index contributed by atoms with van der Waals surface area (Å²) >= 11 is 0. The monoisotopic (exact) mass is 365 g/mol. The number of likely N-dealkylation sites (tertiary alicyclic amines) is 2. The van der Waals surface area contributed by atoms with Crippen LogP contribution in [0, 0.1) is 0 Å². The molecule has 142 valence electrons. The van der Waals surface area contributed by atoms with Gasteiger partial charge in [-0.2, -0.15) is 0 Å². The summed E-state index contributed by atoms with van der Waals surface area (Å²) in [7, 11) is 0. The van der Waals surface area contributed by atoms with E-state index in [4.69, 9.17) is 4.74 Å². The zero-order chi connectivity index (χ0) is 18.5. The van der Waals surface area contributed by atoms with Gasteiger partial charge in [-0.25, -0.2) is 0 Å². The van der Waals surface area contributed by atoms with Crippen molar-refractivity contribution in [3.63, 3.8) is 0 Å². The van der Waals surface area contributed by atoms with E-state index in [1.165, 1.54) is 25.9 Å². The van der Waals surface area contributed by atoms with Crippen LogP contribution in [0.5, 0.6) is 5.75 Å². The van der Waals surface area contributed by atoms with Gasteiger partial charge in [0.2, 0.25) is 0 Å². The molecule has 0 N–H and O–H groups in total. The highest BCUT2D eigenvalue weighted by molar-refractivity contribution is 5.94. The maximum absolute atomic E-state index is 13.0. The lowest BCUT2D eigenvalue weighted by Crippen LogP contribution is -2.42. The van der Waals surface area contributed by atoms with Crippen molar-refractivity contribution >= 4 is 5.91 Å². The standard InChI is InChI=1S/C22H27N3O2/c26-22(25-14-4-6-20(25)16-24-12-1-2-13-24)19-7-9-21(10-8-19)27-17-18-5-3-11-23-15-18/h3,5,7-11,15,20H,1-2,4,6,12-14,16-17H2. The summed E-state index contributed by atoms with van der Waals surface area (Å²) in [6, 6.07) is 11.8. The number of ether oxygens (including phenoxy) is 1. The number of hydrogen-bond donors (Lipinski definition) is 0. The highest BCUT2D eigenvalue weighted by Crippen LogP contribution is 2.23. The normalized spacial score (nSPS) is 20.1. The molecule has 0 saturated carbocycles. The van der Waals surface area contributed by atoms with Crippen molar-refractivity contribution in [2.24, 2.45) is 0 Å². The molecule has 1 aromatic carbocycles. The smallest absolute Gasteiger partial charge is 0.254 e. The van der Waals surface area contributed by atoms with Crippen molar-refractivity contribution in [1.82, 2.24) is 14.8 Å². The van der Waals surface area contributed by atoms with Gasteiger partial charge in [-0.15, -0.1) is 0 Å². The Labute approximate surface area is 161 Å². The van der Waals surface area contributed by atoms with Gasteiger partial charge in [0, 0.05) is 42.7 Å². The van der Waals surface area contributed by atoms with Gasteiger partial charge in [-0.3, -0.25) is 9.78 Å². The van der Waals surface area contributed by atoms with Gasteiger partial charge in [0.05, 0.1) is 0 Å². The van der Waals surface area contributed by atoms with E-state index < -0.39 is 0 Å². The predicted octanol–water partition coefficient (Wildman–Crippen LogP) is 3.36. The van der Waals surface area contributed by atoms with Crippen LogP contribution in [0.2, 0.25) is 0 Å². The second kappa shape index (κ2) is 8.53. The summed E-state index contributed by atoms with van der Waals surface area (Å²) in [4.78, 5) is 21.6. The van der Waals surface area contributed by atoms with E-state index in [0.717, 1.165) is 42.8 Å². The number of amides is 1. The molecular weight excluding hydrogens is 338 g/mol. The summed E-state index contributed by atoms with van der Waals surface area (Å²) in [6.45, 7) is 4.74. The first-order chi connectivity index (χ1) is 13.3. The quantitative estimate of drug-likeness (QED) is 0.787. The first-order valence-corrected chi connectivity index (χ1v) is 9.95. The molecule has 5 heteroatoms. The SMILES string of the molecule is O=C(c1ccc(OCc2cccnc2)cc1)N1CCCC1CN1CCCC1. The summed E-state index contributed by atoms with van der Waals surface area (Å²) < 4.78 is 5.79. The van der Waals surface area contributed by atoms with Crippen molar-refractivity contribution in [3.05, 3.63) is 59.9 Å². The molecule has 2 saturated heterocycles. The van der Waals surface area contributed by atoms with E-state index in [2.05, 4.69) is 14.8 Å². The fourth-order valence-electron chi connectivity index (χ4n) is 4.07. The summed E-state index contributed by atoms with van der Waals surface area (Å²) in [5.41, 5.74) is 1.77. The molecule has 2 fully saturated rings. The van der Waals surface area contributed by atoms with Crippen LogP contribution in [0.1, 0.15) is 41.6 Å². The number of carbonyl (C=O) groups excluding carboxylic acids is 1. The van der Waals surface area contributed by atoms with Crippen molar-refractivity contribution in [2.45, 2.75) is 38.3 Å². The summed E-state index contributed by atoms with van der Waals surface area (Å²) in [5.74, 6) is 0.918. The van der Waals surface area contributed by atoms with E-state index >= 15 is 0 Å². The van der Waals surface area contributed by atoms with Crippen LogP contribution in [0.3, 0.4) is 0 Å². The Morgan fingerprint density at radius 3 is 2.63 bits per heavy atom. The number of aromatic nitrogens is 1. The van der Waals surface area contributed by atoms with E-state index in [9.17, 15) is 4.79 Å². The third kappa shape index (κ3) is 4.48. The minimum absolute atomic E-state index is 0.149. The predicted molar refractivity (Wildman–Crippen MR) is 105 cm³/mol. The maximum atomic E-state index is 13.0. The molecule has 1 atom stereocenters. The highest BCUT2D eigenvalue weighted by Gasteiger charge is 2.31. The van der Waals surface area contributed by atoms with Crippen LogP contribution < -0.4 is 4.74 Å². The molecule has 4 rings (SSSR count). The van der Waals surface area contributed by atoms with Crippen molar-refractivity contribution in [3.8, 4) is 5.75 Å². The molecule has 0 spiro atoms. The number of hydrogen-bond acceptors (Lipinski definition) is 4. The van der Waals surface area contributed by atoms with E-state index in [1.807, 2.05) is 36.4 Å². The van der Waals surface area contributed by atoms with E-state index in [1.54, 1.807) is 12.4 Å². The Morgan fingerprint density at radius 2 is 1.89 bits per heavy atom. The second-order valence-electron chi connectivity index (χ2n) is 7.48. The molecule has 0 radical (unpaired) electrons. The Kier molecular flexibility index (Phi) is 5.68. The zero-order valence-corrected chi connectivity index (χ0v) is 15.7. The molecule has 2 aromatic rings. The summed E-state index contributed by atoms with van der Waals surface area (Å²) in [5, 5.41) is 0. The van der Waals surface area contributed by atoms with Gasteiger partial charge in [-0.1, -0.05) is 6.07 Å². The Balaban J connectivity index is 1.35. The second-order valence-corrected chi connectivity index (χ2v) is 7.48. The van der Waals surface area contributed by atoms with Gasteiger partial charge in [-0.05, 0) is 69.1 Å². The van der Waals surface area contributed by atoms with Crippen molar-refractivity contribution < 1.29 is 9.53 Å². The minimum atomic E-state index is 0.149. The Morgan fingerprint density at radius 1 is 1.07 bits per heavy atom. The van der Waals surface area contributed by atoms with Crippen LogP contribution in [0.4, 0.5) is 0 Å². The van der Waals surface area contributed by atoms with Gasteiger partial charge >= 0.3 is 0 Å². The number of carbonyl (C=O) groups is 1. The lowest BCUT2D eigenvalue weighted by atomic mass is 10.1. The van der Waals surface area contributed by atoms with Gasteiger partial charge in [0.15, 0.2) is 0 Å². The fourth-order valence-corrected chi connectivity index (χ4v) is 4.07. The third-order valence-electron chi connectivity index (χ3n) is 5.54. The number of nitrogens with zero attached hydrogens (tertiary/aromatic N) is 3. The van der Waals surface area contributed by atoms with Crippen LogP contribution >= 0.6 is 0 Å². The molecule has 5 nitrogen and oxygen atoms in total. The largest absolute Gasteiger partial charge is 0.489 e. The first kappa shape index (κ1) is 18.0. The Bertz CT molecular complexity index is 742. The van der Waals surface area contributed by atoms with Crippen LogP contribution in [-0.4, -0.2) is 52.9 Å². The average molecular weight is 365 g/mol. The Hall–Kier alpha value is -2.40. The van der Waals surface area contributed by atoms with Crippen LogP contribution in [-0.2, 0) is 6.61 Å². The van der Waals surface area contributed by atoms with Gasteiger partial charge in [0.25, 0.3) is 5.91 Å². The van der Waals surface area contributed by atoms with Gasteiger partial charge in [0.1, 0.15) is 12.4 Å². The highest BCUT2D eigenvalue weighted by atomic mass is 16.5. The lowest BCUT2D eigenvalue weighted by Gasteiger charge is -2.28. The van der Waals surface area contributed by atoms with Crippen molar-refractivity contribution in [2.75, 3.05) is 26.2 Å². The number of pyridine rings is 1. The molecule has 0 bridgehead atoms. The molecule has 0 aliphatic carbocycles. The number of rotatable bonds is 6. The summed E-state index contributed by atoms with van der Waals surface area (Å²) in [6.07, 6.45) is 8.36. The zero-order valence-electron chi connectivity index (χ0n) is 15.7. The van der Waals surface area contributed by atoms with Crippen LogP contribution in [0.15, 0.2) is 48.8 Å².